The standard InChI is InChI=1S/C24H23F2N3O4/c25-24(26)11-4-12-29(15-24)23(32)19-14-33-22(28-19)18-9-7-16(8-10-18)13-27-21(31)20(30)17-5-2-1-3-6-17/h1-3,5-10,14,20,30H,4,11-13,15H2,(H,27,31)/t20-/m0/s1. The Bertz CT molecular complexity index is 1120. The van der Waals surface area contributed by atoms with Crippen LogP contribution in [0.4, 0.5) is 8.78 Å². The van der Waals surface area contributed by atoms with Gasteiger partial charge in [0.15, 0.2) is 11.8 Å². The summed E-state index contributed by atoms with van der Waals surface area (Å²) in [5.74, 6) is -3.79. The number of likely N-dealkylation sites (tertiary alicyclic amines) is 1. The Morgan fingerprint density at radius 2 is 1.88 bits per heavy atom. The number of aliphatic hydroxyl groups is 1. The minimum atomic E-state index is -2.89. The lowest BCUT2D eigenvalue weighted by Crippen LogP contribution is -2.45. The molecule has 1 fully saturated rings. The number of carbonyl (C=O) groups is 2. The van der Waals surface area contributed by atoms with E-state index in [9.17, 15) is 23.5 Å². The number of carbonyl (C=O) groups excluding carboxylic acids is 2. The van der Waals surface area contributed by atoms with E-state index in [1.54, 1.807) is 54.6 Å². The summed E-state index contributed by atoms with van der Waals surface area (Å²) in [6, 6.07) is 15.6. The molecule has 1 aliphatic heterocycles. The van der Waals surface area contributed by atoms with Crippen LogP contribution in [0.2, 0.25) is 0 Å². The highest BCUT2D eigenvalue weighted by atomic mass is 19.3. The van der Waals surface area contributed by atoms with E-state index in [2.05, 4.69) is 10.3 Å². The molecular formula is C24H23F2N3O4. The lowest BCUT2D eigenvalue weighted by molar-refractivity contribution is -0.129. The number of hydrogen-bond acceptors (Lipinski definition) is 5. The van der Waals surface area contributed by atoms with E-state index in [0.29, 0.717) is 11.1 Å². The number of oxazole rings is 1. The first kappa shape index (κ1) is 22.6. The van der Waals surface area contributed by atoms with Gasteiger partial charge in [-0.15, -0.1) is 0 Å². The number of aromatic nitrogens is 1. The quantitative estimate of drug-likeness (QED) is 0.593. The Balaban J connectivity index is 1.35. The molecule has 4 rings (SSSR count). The number of aliphatic hydroxyl groups excluding tert-OH is 1. The van der Waals surface area contributed by atoms with Crippen LogP contribution >= 0.6 is 0 Å². The maximum atomic E-state index is 13.6. The lowest BCUT2D eigenvalue weighted by Gasteiger charge is -2.31. The minimum absolute atomic E-state index is 0.0195. The molecule has 0 bridgehead atoms. The second-order valence-electron chi connectivity index (χ2n) is 7.95. The summed E-state index contributed by atoms with van der Waals surface area (Å²) in [5, 5.41) is 12.8. The zero-order chi connectivity index (χ0) is 23.4. The van der Waals surface area contributed by atoms with Crippen LogP contribution in [-0.4, -0.2) is 45.8 Å². The molecule has 2 amide bonds. The highest BCUT2D eigenvalue weighted by molar-refractivity contribution is 5.92. The van der Waals surface area contributed by atoms with Crippen LogP contribution in [0.1, 0.15) is 40.6 Å². The molecule has 0 spiro atoms. The Kier molecular flexibility index (Phi) is 6.50. The zero-order valence-corrected chi connectivity index (χ0v) is 17.7. The van der Waals surface area contributed by atoms with E-state index < -0.39 is 30.4 Å². The summed E-state index contributed by atoms with van der Waals surface area (Å²) in [4.78, 5) is 29.9. The van der Waals surface area contributed by atoms with Crippen molar-refractivity contribution < 1.29 is 27.9 Å². The van der Waals surface area contributed by atoms with E-state index in [-0.39, 0.29) is 37.5 Å². The largest absolute Gasteiger partial charge is 0.444 e. The fourth-order valence-electron chi connectivity index (χ4n) is 3.64. The van der Waals surface area contributed by atoms with Crippen molar-refractivity contribution in [1.29, 1.82) is 0 Å². The maximum absolute atomic E-state index is 13.6. The van der Waals surface area contributed by atoms with Crippen molar-refractivity contribution in [1.82, 2.24) is 15.2 Å². The predicted octanol–water partition coefficient (Wildman–Crippen LogP) is 3.56. The van der Waals surface area contributed by atoms with Crippen molar-refractivity contribution in [2.24, 2.45) is 0 Å². The smallest absolute Gasteiger partial charge is 0.276 e. The lowest BCUT2D eigenvalue weighted by atomic mass is 10.1. The van der Waals surface area contributed by atoms with Crippen molar-refractivity contribution in [2.45, 2.75) is 31.4 Å². The molecule has 1 saturated heterocycles. The molecular weight excluding hydrogens is 432 g/mol. The summed E-state index contributed by atoms with van der Waals surface area (Å²) in [6.07, 6.45) is -0.0692. The maximum Gasteiger partial charge on any atom is 0.276 e. The monoisotopic (exact) mass is 455 g/mol. The number of rotatable bonds is 6. The molecule has 9 heteroatoms. The Morgan fingerprint density at radius 1 is 1.15 bits per heavy atom. The Morgan fingerprint density at radius 3 is 2.58 bits per heavy atom. The van der Waals surface area contributed by atoms with Crippen molar-refractivity contribution in [2.75, 3.05) is 13.1 Å². The van der Waals surface area contributed by atoms with E-state index >= 15 is 0 Å². The molecule has 172 valence electrons. The van der Waals surface area contributed by atoms with E-state index in [0.717, 1.165) is 10.5 Å². The summed E-state index contributed by atoms with van der Waals surface area (Å²) >= 11 is 0. The van der Waals surface area contributed by atoms with Crippen molar-refractivity contribution in [3.05, 3.63) is 77.7 Å². The highest BCUT2D eigenvalue weighted by Crippen LogP contribution is 2.28. The van der Waals surface area contributed by atoms with Gasteiger partial charge < -0.3 is 19.7 Å². The number of piperidine rings is 1. The molecule has 3 aromatic rings. The Labute approximate surface area is 189 Å². The third-order valence-electron chi connectivity index (χ3n) is 5.43. The number of nitrogens with one attached hydrogen (secondary N) is 1. The van der Waals surface area contributed by atoms with E-state index in [4.69, 9.17) is 4.42 Å². The van der Waals surface area contributed by atoms with Gasteiger partial charge >= 0.3 is 0 Å². The van der Waals surface area contributed by atoms with Crippen molar-refractivity contribution in [3.63, 3.8) is 0 Å². The normalized spacial score (nSPS) is 16.3. The van der Waals surface area contributed by atoms with Gasteiger partial charge in [-0.05, 0) is 29.7 Å². The molecule has 7 nitrogen and oxygen atoms in total. The average Bonchev–Trinajstić information content (AvgIpc) is 3.32. The SMILES string of the molecule is O=C(NCc1ccc(-c2nc(C(=O)N3CCCC(F)(F)C3)co2)cc1)[C@@H](O)c1ccccc1. The molecule has 0 radical (unpaired) electrons. The zero-order valence-electron chi connectivity index (χ0n) is 17.7. The minimum Gasteiger partial charge on any atom is -0.444 e. The van der Waals surface area contributed by atoms with Gasteiger partial charge in [0.25, 0.3) is 17.7 Å². The second-order valence-corrected chi connectivity index (χ2v) is 7.95. The number of halogens is 2. The van der Waals surface area contributed by atoms with Crippen LogP contribution in [0.15, 0.2) is 65.3 Å². The van der Waals surface area contributed by atoms with Gasteiger partial charge in [0.05, 0.1) is 6.54 Å². The predicted molar refractivity (Wildman–Crippen MR) is 115 cm³/mol. The molecule has 33 heavy (non-hydrogen) atoms. The van der Waals surface area contributed by atoms with Crippen LogP contribution in [-0.2, 0) is 11.3 Å². The molecule has 2 aromatic carbocycles. The molecule has 1 atom stereocenters. The highest BCUT2D eigenvalue weighted by Gasteiger charge is 2.38. The topological polar surface area (TPSA) is 95.7 Å². The van der Waals surface area contributed by atoms with Crippen molar-refractivity contribution in [3.8, 4) is 11.5 Å². The van der Waals surface area contributed by atoms with Gasteiger partial charge in [-0.1, -0.05) is 42.5 Å². The molecule has 0 unspecified atom stereocenters. The van der Waals surface area contributed by atoms with Crippen LogP contribution in [0.5, 0.6) is 0 Å². The van der Waals surface area contributed by atoms with Crippen LogP contribution in [0, 0.1) is 0 Å². The average molecular weight is 455 g/mol. The summed E-state index contributed by atoms with van der Waals surface area (Å²) in [5.41, 5.74) is 1.87. The third-order valence-corrected chi connectivity index (χ3v) is 5.43. The number of benzene rings is 2. The fourth-order valence-corrected chi connectivity index (χ4v) is 3.64. The molecule has 1 aromatic heterocycles. The van der Waals surface area contributed by atoms with Crippen molar-refractivity contribution >= 4 is 11.8 Å². The molecule has 1 aliphatic rings. The van der Waals surface area contributed by atoms with E-state index in [1.165, 1.54) is 6.26 Å². The van der Waals surface area contributed by atoms with Crippen LogP contribution in [0.25, 0.3) is 11.5 Å². The number of nitrogens with zero attached hydrogens (tertiary/aromatic N) is 2. The molecule has 0 aliphatic carbocycles. The summed E-state index contributed by atoms with van der Waals surface area (Å²) in [6.45, 7) is -0.148. The van der Waals surface area contributed by atoms with Crippen LogP contribution < -0.4 is 5.32 Å². The Hall–Kier alpha value is -3.59. The van der Waals surface area contributed by atoms with Gasteiger partial charge in [0.1, 0.15) is 6.26 Å². The third kappa shape index (κ3) is 5.43. The number of alkyl halides is 2. The number of hydrogen-bond donors (Lipinski definition) is 2. The first-order valence-electron chi connectivity index (χ1n) is 10.5. The summed E-state index contributed by atoms with van der Waals surface area (Å²) in [7, 11) is 0. The fraction of sp³-hybridized carbons (Fsp3) is 0.292. The van der Waals surface area contributed by atoms with Gasteiger partial charge in [-0.3, -0.25) is 9.59 Å². The summed E-state index contributed by atoms with van der Waals surface area (Å²) < 4.78 is 32.6. The van der Waals surface area contributed by atoms with Crippen LogP contribution in [0.3, 0.4) is 0 Å². The number of amides is 2. The second kappa shape index (κ2) is 9.50. The first-order valence-corrected chi connectivity index (χ1v) is 10.5. The van der Waals surface area contributed by atoms with Gasteiger partial charge in [0, 0.05) is 25.1 Å². The molecule has 2 N–H and O–H groups in total. The van der Waals surface area contributed by atoms with Gasteiger partial charge in [-0.2, -0.15) is 0 Å². The first-order chi connectivity index (χ1) is 15.8. The molecule has 0 saturated carbocycles. The van der Waals surface area contributed by atoms with Gasteiger partial charge in [-0.25, -0.2) is 13.8 Å². The molecule has 2 heterocycles. The van der Waals surface area contributed by atoms with E-state index in [1.807, 2.05) is 0 Å². The van der Waals surface area contributed by atoms with Gasteiger partial charge in [0.2, 0.25) is 5.89 Å².